The monoisotopic (exact) mass is 293 g/mol. The van der Waals surface area contributed by atoms with E-state index in [0.717, 1.165) is 25.7 Å². The van der Waals surface area contributed by atoms with Crippen molar-refractivity contribution < 1.29 is 19.4 Å². The summed E-state index contributed by atoms with van der Waals surface area (Å²) in [6.07, 6.45) is 5.44. The highest BCUT2D eigenvalue weighted by molar-refractivity contribution is 5.92. The highest BCUT2D eigenvalue weighted by Gasteiger charge is 2.22. The van der Waals surface area contributed by atoms with Crippen molar-refractivity contribution >= 4 is 12.0 Å². The van der Waals surface area contributed by atoms with Gasteiger partial charge in [-0.15, -0.1) is 0 Å². The summed E-state index contributed by atoms with van der Waals surface area (Å²) in [6, 6.07) is 1.62. The number of rotatable bonds is 5. The molecule has 114 valence electrons. The Labute approximate surface area is 122 Å². The molecule has 1 fully saturated rings. The first-order chi connectivity index (χ1) is 10.0. The van der Waals surface area contributed by atoms with Crippen LogP contribution in [0, 0.1) is 5.92 Å². The number of nitrogens with two attached hydrogens (primary N) is 1. The van der Waals surface area contributed by atoms with Crippen molar-refractivity contribution in [2.24, 2.45) is 11.7 Å². The van der Waals surface area contributed by atoms with Crippen LogP contribution < -0.4 is 15.8 Å². The smallest absolute Gasteiger partial charge is 0.404 e. The second-order valence-electron chi connectivity index (χ2n) is 5.25. The van der Waals surface area contributed by atoms with E-state index in [1.54, 1.807) is 12.3 Å². The fraction of sp³-hybridized carbons (Fsp3) is 0.500. The summed E-state index contributed by atoms with van der Waals surface area (Å²) >= 11 is 0. The Hall–Kier alpha value is -2.31. The summed E-state index contributed by atoms with van der Waals surface area (Å²) in [5.74, 6) is 0.374. The standard InChI is InChI=1S/C14H19N3O4/c15-13(18)10-5-12(7-16-6-10)21-8-9-1-3-11(4-2-9)17-14(19)20/h5-7,9,11,17H,1-4,8H2,(H2,15,18)(H,19,20)/t9-,11-. The molecule has 2 rings (SSSR count). The number of ether oxygens (including phenoxy) is 1. The lowest BCUT2D eigenvalue weighted by Gasteiger charge is -2.28. The largest absolute Gasteiger partial charge is 0.492 e. The second kappa shape index (κ2) is 6.92. The van der Waals surface area contributed by atoms with E-state index < -0.39 is 12.0 Å². The summed E-state index contributed by atoms with van der Waals surface area (Å²) in [4.78, 5) is 25.5. The molecule has 0 radical (unpaired) electrons. The summed E-state index contributed by atoms with van der Waals surface area (Å²) < 4.78 is 5.65. The fourth-order valence-electron chi connectivity index (χ4n) is 2.49. The van der Waals surface area contributed by atoms with Crippen LogP contribution in [0.3, 0.4) is 0 Å². The van der Waals surface area contributed by atoms with E-state index in [0.29, 0.717) is 23.8 Å². The predicted molar refractivity (Wildman–Crippen MR) is 75.2 cm³/mol. The fourth-order valence-corrected chi connectivity index (χ4v) is 2.49. The lowest BCUT2D eigenvalue weighted by molar-refractivity contribution is 0.0999. The van der Waals surface area contributed by atoms with Crippen molar-refractivity contribution in [3.63, 3.8) is 0 Å². The molecule has 0 aliphatic heterocycles. The maximum Gasteiger partial charge on any atom is 0.404 e. The number of primary amides is 1. The first-order valence-electron chi connectivity index (χ1n) is 6.91. The van der Waals surface area contributed by atoms with Gasteiger partial charge in [0, 0.05) is 12.2 Å². The second-order valence-corrected chi connectivity index (χ2v) is 5.25. The van der Waals surface area contributed by atoms with Crippen molar-refractivity contribution in [2.45, 2.75) is 31.7 Å². The average Bonchev–Trinajstić information content (AvgIpc) is 2.46. The van der Waals surface area contributed by atoms with Gasteiger partial charge in [0.05, 0.1) is 18.4 Å². The SMILES string of the molecule is NC(=O)c1cncc(OC[C@H]2CC[C@H](NC(=O)O)CC2)c1. The summed E-state index contributed by atoms with van der Waals surface area (Å²) in [5.41, 5.74) is 5.51. The van der Waals surface area contributed by atoms with Crippen LogP contribution in [0.2, 0.25) is 0 Å². The third-order valence-electron chi connectivity index (χ3n) is 3.66. The van der Waals surface area contributed by atoms with Crippen LogP contribution in [0.25, 0.3) is 0 Å². The Morgan fingerprint density at radius 3 is 2.67 bits per heavy atom. The van der Waals surface area contributed by atoms with Gasteiger partial charge in [-0.2, -0.15) is 0 Å². The molecule has 1 aliphatic carbocycles. The third kappa shape index (κ3) is 4.62. The van der Waals surface area contributed by atoms with Gasteiger partial charge in [0.2, 0.25) is 5.91 Å². The van der Waals surface area contributed by atoms with E-state index >= 15 is 0 Å². The van der Waals surface area contributed by atoms with Crippen molar-refractivity contribution in [3.8, 4) is 5.75 Å². The van der Waals surface area contributed by atoms with Crippen LogP contribution in [0.15, 0.2) is 18.5 Å². The molecule has 2 amide bonds. The molecule has 21 heavy (non-hydrogen) atoms. The number of carbonyl (C=O) groups is 2. The number of carboxylic acid groups (broad SMARTS) is 1. The Morgan fingerprint density at radius 2 is 2.05 bits per heavy atom. The highest BCUT2D eigenvalue weighted by Crippen LogP contribution is 2.25. The number of hydrogen-bond acceptors (Lipinski definition) is 4. The van der Waals surface area contributed by atoms with Gasteiger partial charge in [-0.3, -0.25) is 9.78 Å². The van der Waals surface area contributed by atoms with Gasteiger partial charge in [0.25, 0.3) is 0 Å². The van der Waals surface area contributed by atoms with Crippen molar-refractivity contribution in [3.05, 3.63) is 24.0 Å². The molecule has 1 aliphatic rings. The van der Waals surface area contributed by atoms with Crippen LogP contribution in [0.1, 0.15) is 36.0 Å². The molecule has 7 nitrogen and oxygen atoms in total. The highest BCUT2D eigenvalue weighted by atomic mass is 16.5. The number of pyridine rings is 1. The number of carbonyl (C=O) groups excluding carboxylic acids is 1. The van der Waals surface area contributed by atoms with Crippen LogP contribution in [-0.2, 0) is 0 Å². The van der Waals surface area contributed by atoms with E-state index in [2.05, 4.69) is 10.3 Å². The van der Waals surface area contributed by atoms with Crippen molar-refractivity contribution in [1.29, 1.82) is 0 Å². The number of amides is 2. The number of nitrogens with zero attached hydrogens (tertiary/aromatic N) is 1. The van der Waals surface area contributed by atoms with Crippen molar-refractivity contribution in [1.82, 2.24) is 10.3 Å². The van der Waals surface area contributed by atoms with Gasteiger partial charge in [0.1, 0.15) is 5.75 Å². The van der Waals surface area contributed by atoms with Crippen LogP contribution >= 0.6 is 0 Å². The zero-order chi connectivity index (χ0) is 15.2. The average molecular weight is 293 g/mol. The normalized spacial score (nSPS) is 21.5. The van der Waals surface area contributed by atoms with Gasteiger partial charge in [-0.25, -0.2) is 4.79 Å². The molecule has 1 aromatic heterocycles. The van der Waals surface area contributed by atoms with Gasteiger partial charge >= 0.3 is 6.09 Å². The van der Waals surface area contributed by atoms with Gasteiger partial charge < -0.3 is 20.9 Å². The number of nitrogens with one attached hydrogen (secondary N) is 1. The van der Waals surface area contributed by atoms with E-state index in [1.165, 1.54) is 6.20 Å². The first kappa shape index (κ1) is 15.1. The van der Waals surface area contributed by atoms with Crippen LogP contribution in [0.5, 0.6) is 5.75 Å². The summed E-state index contributed by atoms with van der Waals surface area (Å²) in [6.45, 7) is 0.531. The Kier molecular flexibility index (Phi) is 4.97. The zero-order valence-electron chi connectivity index (χ0n) is 11.6. The zero-order valence-corrected chi connectivity index (χ0v) is 11.6. The molecule has 0 spiro atoms. The molecule has 0 saturated heterocycles. The Bertz CT molecular complexity index is 513. The maximum atomic E-state index is 11.1. The van der Waals surface area contributed by atoms with E-state index in [-0.39, 0.29) is 6.04 Å². The lowest BCUT2D eigenvalue weighted by atomic mass is 9.86. The minimum absolute atomic E-state index is 0.0404. The number of aromatic nitrogens is 1. The van der Waals surface area contributed by atoms with Crippen LogP contribution in [0.4, 0.5) is 4.79 Å². The predicted octanol–water partition coefficient (Wildman–Crippen LogP) is 1.39. The minimum atomic E-state index is -0.968. The van der Waals surface area contributed by atoms with Crippen LogP contribution in [-0.4, -0.2) is 34.7 Å². The van der Waals surface area contributed by atoms with E-state index in [9.17, 15) is 9.59 Å². The molecule has 4 N–H and O–H groups in total. The summed E-state index contributed by atoms with van der Waals surface area (Å²) in [7, 11) is 0. The molecule has 7 heteroatoms. The van der Waals surface area contributed by atoms with E-state index in [1.807, 2.05) is 0 Å². The van der Waals surface area contributed by atoms with Crippen molar-refractivity contribution in [2.75, 3.05) is 6.61 Å². The molecule has 0 unspecified atom stereocenters. The molecule has 1 aromatic rings. The topological polar surface area (TPSA) is 115 Å². The molecular weight excluding hydrogens is 274 g/mol. The molecule has 1 heterocycles. The Morgan fingerprint density at radius 1 is 1.33 bits per heavy atom. The van der Waals surface area contributed by atoms with Gasteiger partial charge in [-0.05, 0) is 37.7 Å². The maximum absolute atomic E-state index is 11.1. The molecule has 0 aromatic carbocycles. The molecule has 0 atom stereocenters. The quantitative estimate of drug-likeness (QED) is 0.758. The molecule has 1 saturated carbocycles. The minimum Gasteiger partial charge on any atom is -0.492 e. The van der Waals surface area contributed by atoms with E-state index in [4.69, 9.17) is 15.6 Å². The Balaban J connectivity index is 1.78. The first-order valence-corrected chi connectivity index (χ1v) is 6.91. The number of hydrogen-bond donors (Lipinski definition) is 3. The molecular formula is C14H19N3O4. The van der Waals surface area contributed by atoms with Gasteiger partial charge in [-0.1, -0.05) is 0 Å². The third-order valence-corrected chi connectivity index (χ3v) is 3.66. The molecule has 0 bridgehead atoms. The van der Waals surface area contributed by atoms with Gasteiger partial charge in [0.15, 0.2) is 0 Å². The lowest BCUT2D eigenvalue weighted by Crippen LogP contribution is -2.37. The summed E-state index contributed by atoms with van der Waals surface area (Å²) in [5, 5.41) is 11.2.